The molecule has 1 heterocycles. The van der Waals surface area contributed by atoms with E-state index in [1.54, 1.807) is 11.3 Å². The fourth-order valence-electron chi connectivity index (χ4n) is 2.50. The molecule has 1 aromatic heterocycles. The second-order valence-corrected chi connectivity index (χ2v) is 5.86. The van der Waals surface area contributed by atoms with Crippen LogP contribution < -0.4 is 0 Å². The van der Waals surface area contributed by atoms with E-state index >= 15 is 0 Å². The van der Waals surface area contributed by atoms with E-state index in [0.29, 0.717) is 18.2 Å². The number of rotatable bonds is 6. The van der Waals surface area contributed by atoms with Gasteiger partial charge in [-0.1, -0.05) is 25.8 Å². The van der Waals surface area contributed by atoms with Crippen molar-refractivity contribution in [3.63, 3.8) is 0 Å². The number of Topliss-reactive ketones (excluding diaryl/α,β-unsaturated/α-hetero) is 1. The molecule has 1 aliphatic carbocycles. The molecule has 0 N–H and O–H groups in total. The van der Waals surface area contributed by atoms with Crippen LogP contribution >= 0.6 is 11.3 Å². The minimum atomic E-state index is 0.354. The summed E-state index contributed by atoms with van der Waals surface area (Å²) in [5.74, 6) is 0.813. The van der Waals surface area contributed by atoms with Crippen LogP contribution in [0, 0.1) is 5.92 Å². The highest BCUT2D eigenvalue weighted by atomic mass is 32.1. The maximum absolute atomic E-state index is 12.1. The topological polar surface area (TPSA) is 20.3 Å². The van der Waals surface area contributed by atoms with E-state index < -0.39 is 0 Å². The Morgan fingerprint density at radius 2 is 2.24 bits per heavy atom. The van der Waals surface area contributed by atoms with Crippen molar-refractivity contribution in [3.05, 3.63) is 22.4 Å². The molecule has 0 saturated heterocycles. The Morgan fingerprint density at radius 3 is 2.82 bits per heavy atom. The van der Waals surface area contributed by atoms with Crippen molar-refractivity contribution in [2.24, 2.45) is 5.92 Å². The summed E-state index contributed by atoms with van der Waals surface area (Å²) in [6.07, 6.45) is 4.73. The third-order valence-corrected chi connectivity index (χ3v) is 4.46. The van der Waals surface area contributed by atoms with Crippen LogP contribution in [-0.2, 0) is 11.3 Å². The summed E-state index contributed by atoms with van der Waals surface area (Å²) in [4.78, 5) is 15.7. The smallest absolute Gasteiger partial charge is 0.149 e. The van der Waals surface area contributed by atoms with Crippen molar-refractivity contribution in [3.8, 4) is 0 Å². The zero-order valence-corrected chi connectivity index (χ0v) is 11.3. The van der Waals surface area contributed by atoms with Gasteiger partial charge in [-0.15, -0.1) is 11.3 Å². The number of thiophene rings is 1. The number of likely N-dealkylation sites (N-methyl/N-ethyl adjacent to an activating group) is 1. The fourth-order valence-corrected chi connectivity index (χ4v) is 3.25. The molecule has 0 unspecified atom stereocenters. The summed E-state index contributed by atoms with van der Waals surface area (Å²) in [7, 11) is 0. The zero-order chi connectivity index (χ0) is 12.1. The Hall–Kier alpha value is -0.670. The first kappa shape index (κ1) is 12.8. The Balaban J connectivity index is 1.84. The summed E-state index contributed by atoms with van der Waals surface area (Å²) in [6.45, 7) is 4.65. The van der Waals surface area contributed by atoms with Crippen LogP contribution in [0.25, 0.3) is 0 Å². The predicted octanol–water partition coefficient (Wildman–Crippen LogP) is 3.33. The van der Waals surface area contributed by atoms with Gasteiger partial charge in [0.15, 0.2) is 0 Å². The highest BCUT2D eigenvalue weighted by molar-refractivity contribution is 7.09. The SMILES string of the molecule is CCN(CC(=O)C1CCCC1)Cc1cccs1. The van der Waals surface area contributed by atoms with E-state index in [1.807, 2.05) is 0 Å². The van der Waals surface area contributed by atoms with Crippen molar-refractivity contribution in [1.82, 2.24) is 4.90 Å². The lowest BCUT2D eigenvalue weighted by molar-refractivity contribution is -0.123. The van der Waals surface area contributed by atoms with E-state index in [1.165, 1.54) is 17.7 Å². The average Bonchev–Trinajstić information content (AvgIpc) is 3.00. The molecule has 1 saturated carbocycles. The minimum absolute atomic E-state index is 0.354. The van der Waals surface area contributed by atoms with Crippen molar-refractivity contribution >= 4 is 17.1 Å². The van der Waals surface area contributed by atoms with Crippen LogP contribution in [-0.4, -0.2) is 23.8 Å². The van der Waals surface area contributed by atoms with Crippen LogP contribution in [0.4, 0.5) is 0 Å². The molecule has 0 amide bonds. The van der Waals surface area contributed by atoms with Gasteiger partial charge in [0.05, 0.1) is 6.54 Å². The highest BCUT2D eigenvalue weighted by Crippen LogP contribution is 2.25. The van der Waals surface area contributed by atoms with Gasteiger partial charge >= 0.3 is 0 Å². The van der Waals surface area contributed by atoms with Crippen LogP contribution in [0.3, 0.4) is 0 Å². The molecular formula is C14H21NOS. The summed E-state index contributed by atoms with van der Waals surface area (Å²) in [5.41, 5.74) is 0. The molecule has 0 aromatic carbocycles. The van der Waals surface area contributed by atoms with Gasteiger partial charge in [-0.25, -0.2) is 0 Å². The Labute approximate surface area is 108 Å². The van der Waals surface area contributed by atoms with E-state index in [-0.39, 0.29) is 0 Å². The van der Waals surface area contributed by atoms with Crippen molar-refractivity contribution in [2.75, 3.05) is 13.1 Å². The molecule has 0 radical (unpaired) electrons. The van der Waals surface area contributed by atoms with E-state index in [9.17, 15) is 4.79 Å². The fraction of sp³-hybridized carbons (Fsp3) is 0.643. The van der Waals surface area contributed by atoms with E-state index in [2.05, 4.69) is 29.3 Å². The van der Waals surface area contributed by atoms with E-state index in [4.69, 9.17) is 0 Å². The number of carbonyl (C=O) groups excluding carboxylic acids is 1. The first-order chi connectivity index (χ1) is 8.29. The van der Waals surface area contributed by atoms with Crippen LogP contribution in [0.2, 0.25) is 0 Å². The summed E-state index contributed by atoms with van der Waals surface area (Å²) in [6, 6.07) is 4.22. The Bertz CT molecular complexity index is 341. The predicted molar refractivity (Wildman–Crippen MR) is 72.2 cm³/mol. The van der Waals surface area contributed by atoms with Gasteiger partial charge < -0.3 is 0 Å². The number of nitrogens with zero attached hydrogens (tertiary/aromatic N) is 1. The molecule has 3 heteroatoms. The first-order valence-corrected chi connectivity index (χ1v) is 7.45. The number of ketones is 1. The van der Waals surface area contributed by atoms with Gasteiger partial charge in [0.1, 0.15) is 5.78 Å². The van der Waals surface area contributed by atoms with Crippen LogP contribution in [0.1, 0.15) is 37.5 Å². The molecule has 0 bridgehead atoms. The number of hydrogen-bond acceptors (Lipinski definition) is 3. The summed E-state index contributed by atoms with van der Waals surface area (Å²) < 4.78 is 0. The number of carbonyl (C=O) groups is 1. The second-order valence-electron chi connectivity index (χ2n) is 4.83. The molecule has 1 aromatic rings. The van der Waals surface area contributed by atoms with Gasteiger partial charge in [0.25, 0.3) is 0 Å². The molecule has 0 atom stereocenters. The van der Waals surface area contributed by atoms with Gasteiger partial charge in [0, 0.05) is 17.3 Å². The molecule has 94 valence electrons. The highest BCUT2D eigenvalue weighted by Gasteiger charge is 2.23. The lowest BCUT2D eigenvalue weighted by Crippen LogP contribution is -2.31. The molecule has 0 aliphatic heterocycles. The monoisotopic (exact) mass is 251 g/mol. The largest absolute Gasteiger partial charge is 0.298 e. The quantitative estimate of drug-likeness (QED) is 0.773. The van der Waals surface area contributed by atoms with E-state index in [0.717, 1.165) is 25.9 Å². The third-order valence-electron chi connectivity index (χ3n) is 3.60. The van der Waals surface area contributed by atoms with Crippen molar-refractivity contribution < 1.29 is 4.79 Å². The van der Waals surface area contributed by atoms with Gasteiger partial charge in [0.2, 0.25) is 0 Å². The van der Waals surface area contributed by atoms with Gasteiger partial charge in [-0.2, -0.15) is 0 Å². The summed E-state index contributed by atoms with van der Waals surface area (Å²) in [5, 5.41) is 2.10. The van der Waals surface area contributed by atoms with Gasteiger partial charge in [-0.3, -0.25) is 9.69 Å². The second kappa shape index (κ2) is 6.31. The standard InChI is InChI=1S/C14H21NOS/c1-2-15(10-13-8-5-9-17-13)11-14(16)12-6-3-4-7-12/h5,8-9,12H,2-4,6-7,10-11H2,1H3. The summed E-state index contributed by atoms with van der Waals surface area (Å²) >= 11 is 1.77. The average molecular weight is 251 g/mol. The molecule has 17 heavy (non-hydrogen) atoms. The molecule has 2 rings (SSSR count). The minimum Gasteiger partial charge on any atom is -0.298 e. The molecule has 0 spiro atoms. The Morgan fingerprint density at radius 1 is 1.47 bits per heavy atom. The Kier molecular flexibility index (Phi) is 4.75. The number of hydrogen-bond donors (Lipinski definition) is 0. The molecule has 2 nitrogen and oxygen atoms in total. The van der Waals surface area contributed by atoms with Crippen LogP contribution in [0.5, 0.6) is 0 Å². The lowest BCUT2D eigenvalue weighted by atomic mass is 10.0. The maximum Gasteiger partial charge on any atom is 0.149 e. The first-order valence-electron chi connectivity index (χ1n) is 6.57. The zero-order valence-electron chi connectivity index (χ0n) is 10.5. The van der Waals surface area contributed by atoms with Crippen LogP contribution in [0.15, 0.2) is 17.5 Å². The molecular weight excluding hydrogens is 230 g/mol. The molecule has 1 fully saturated rings. The van der Waals surface area contributed by atoms with Crippen molar-refractivity contribution in [2.45, 2.75) is 39.2 Å². The maximum atomic E-state index is 12.1. The van der Waals surface area contributed by atoms with Crippen molar-refractivity contribution in [1.29, 1.82) is 0 Å². The lowest BCUT2D eigenvalue weighted by Gasteiger charge is -2.20. The third kappa shape index (κ3) is 3.65. The normalized spacial score (nSPS) is 16.8. The van der Waals surface area contributed by atoms with Gasteiger partial charge in [-0.05, 0) is 30.8 Å². The molecule has 1 aliphatic rings.